The van der Waals surface area contributed by atoms with Crippen molar-refractivity contribution in [3.63, 3.8) is 0 Å². The van der Waals surface area contributed by atoms with Crippen molar-refractivity contribution in [1.29, 1.82) is 0 Å². The lowest BCUT2D eigenvalue weighted by atomic mass is 10.1. The van der Waals surface area contributed by atoms with Gasteiger partial charge in [-0.15, -0.1) is 0 Å². The number of ether oxygens (including phenoxy) is 2. The number of hydrogen-bond donors (Lipinski definition) is 1. The zero-order valence-electron chi connectivity index (χ0n) is 12.7. The third-order valence-electron chi connectivity index (χ3n) is 3.69. The van der Waals surface area contributed by atoms with Crippen LogP contribution < -0.4 is 10.1 Å². The van der Waals surface area contributed by atoms with Crippen LogP contribution in [0.25, 0.3) is 0 Å². The Hall–Kier alpha value is -1.26. The average Bonchev–Trinajstić information content (AvgIpc) is 2.96. The van der Waals surface area contributed by atoms with Crippen molar-refractivity contribution in [2.45, 2.75) is 45.8 Å². The predicted octanol–water partition coefficient (Wildman–Crippen LogP) is 3.02. The molecule has 0 bridgehead atoms. The Morgan fingerprint density at radius 1 is 1.48 bits per heavy atom. The Morgan fingerprint density at radius 3 is 2.71 bits per heavy atom. The molecule has 1 heterocycles. The molecule has 5 heteroatoms. The molecule has 1 amide bonds. The zero-order chi connectivity index (χ0) is 15.4. The van der Waals surface area contributed by atoms with Gasteiger partial charge in [-0.25, -0.2) is 0 Å². The maximum Gasteiger partial charge on any atom is 0.258 e. The third-order valence-corrected chi connectivity index (χ3v) is 4.29. The van der Waals surface area contributed by atoms with Crippen LogP contribution in [0, 0.1) is 13.8 Å². The van der Waals surface area contributed by atoms with Crippen LogP contribution in [0.2, 0.25) is 5.02 Å². The van der Waals surface area contributed by atoms with Crippen LogP contribution in [0.5, 0.6) is 5.75 Å². The molecule has 1 N–H and O–H groups in total. The summed E-state index contributed by atoms with van der Waals surface area (Å²) in [5, 5.41) is 3.65. The van der Waals surface area contributed by atoms with Gasteiger partial charge >= 0.3 is 0 Å². The van der Waals surface area contributed by atoms with E-state index in [-0.39, 0.29) is 24.7 Å². The summed E-state index contributed by atoms with van der Waals surface area (Å²) in [6.07, 6.45) is 2.18. The number of rotatable bonds is 5. The minimum atomic E-state index is -0.136. The summed E-state index contributed by atoms with van der Waals surface area (Å²) in [7, 11) is 0. The van der Waals surface area contributed by atoms with E-state index in [9.17, 15) is 4.79 Å². The van der Waals surface area contributed by atoms with Gasteiger partial charge in [-0.3, -0.25) is 4.79 Å². The SMILES string of the molecule is Cc1cc(OCC(=O)N[C@H](C)[C@H]2CCCO2)cc(C)c1Cl. The molecule has 1 aliphatic rings. The van der Waals surface area contributed by atoms with E-state index >= 15 is 0 Å². The molecule has 0 radical (unpaired) electrons. The maximum atomic E-state index is 11.9. The van der Waals surface area contributed by atoms with Crippen molar-refractivity contribution >= 4 is 17.5 Å². The first-order valence-electron chi connectivity index (χ1n) is 7.28. The predicted molar refractivity (Wildman–Crippen MR) is 83.0 cm³/mol. The smallest absolute Gasteiger partial charge is 0.258 e. The number of carbonyl (C=O) groups is 1. The van der Waals surface area contributed by atoms with Crippen molar-refractivity contribution in [3.05, 3.63) is 28.3 Å². The van der Waals surface area contributed by atoms with Crippen LogP contribution in [0.15, 0.2) is 12.1 Å². The van der Waals surface area contributed by atoms with Crippen molar-refractivity contribution in [3.8, 4) is 5.75 Å². The minimum Gasteiger partial charge on any atom is -0.484 e. The first-order valence-corrected chi connectivity index (χ1v) is 7.65. The second-order valence-corrected chi connectivity index (χ2v) is 5.95. The number of aryl methyl sites for hydroxylation is 2. The van der Waals surface area contributed by atoms with Gasteiger partial charge in [-0.2, -0.15) is 0 Å². The lowest BCUT2D eigenvalue weighted by molar-refractivity contribution is -0.124. The second-order valence-electron chi connectivity index (χ2n) is 5.57. The zero-order valence-corrected chi connectivity index (χ0v) is 13.5. The van der Waals surface area contributed by atoms with E-state index in [4.69, 9.17) is 21.1 Å². The average molecular weight is 312 g/mol. The van der Waals surface area contributed by atoms with E-state index in [0.717, 1.165) is 35.6 Å². The number of halogens is 1. The van der Waals surface area contributed by atoms with E-state index in [1.54, 1.807) is 0 Å². The first kappa shape index (κ1) is 16.1. The van der Waals surface area contributed by atoms with Gasteiger partial charge in [0.1, 0.15) is 5.75 Å². The minimum absolute atomic E-state index is 0.00241. The lowest BCUT2D eigenvalue weighted by Gasteiger charge is -2.20. The monoisotopic (exact) mass is 311 g/mol. The molecule has 0 saturated carbocycles. The standard InChI is InChI=1S/C16H22ClNO3/c1-10-7-13(8-11(2)16(10)17)21-9-15(19)18-12(3)14-5-4-6-20-14/h7-8,12,14H,4-6,9H2,1-3H3,(H,18,19)/t12-,14-/m1/s1. The molecule has 1 aliphatic heterocycles. The summed E-state index contributed by atoms with van der Waals surface area (Å²) in [6.45, 7) is 6.58. The number of carbonyl (C=O) groups excluding carboxylic acids is 1. The maximum absolute atomic E-state index is 11.9. The molecule has 21 heavy (non-hydrogen) atoms. The van der Waals surface area contributed by atoms with E-state index in [1.807, 2.05) is 32.9 Å². The lowest BCUT2D eigenvalue weighted by Crippen LogP contribution is -2.42. The third kappa shape index (κ3) is 4.35. The largest absolute Gasteiger partial charge is 0.484 e. The van der Waals surface area contributed by atoms with Crippen molar-refractivity contribution in [2.24, 2.45) is 0 Å². The molecular weight excluding hydrogens is 290 g/mol. The topological polar surface area (TPSA) is 47.6 Å². The van der Waals surface area contributed by atoms with Crippen molar-refractivity contribution in [2.75, 3.05) is 13.2 Å². The van der Waals surface area contributed by atoms with Gasteiger partial charge < -0.3 is 14.8 Å². The Kier molecular flexibility index (Phi) is 5.48. The fourth-order valence-corrected chi connectivity index (χ4v) is 2.63. The molecule has 4 nitrogen and oxygen atoms in total. The number of hydrogen-bond acceptors (Lipinski definition) is 3. The Balaban J connectivity index is 1.83. The molecule has 0 unspecified atom stereocenters. The molecule has 0 aromatic heterocycles. The number of amides is 1. The highest BCUT2D eigenvalue weighted by Crippen LogP contribution is 2.25. The molecule has 1 fully saturated rings. The van der Waals surface area contributed by atoms with E-state index in [1.165, 1.54) is 0 Å². The number of nitrogens with one attached hydrogen (secondary N) is 1. The quantitative estimate of drug-likeness (QED) is 0.909. The molecular formula is C16H22ClNO3. The van der Waals surface area contributed by atoms with Crippen molar-refractivity contribution in [1.82, 2.24) is 5.32 Å². The molecule has 1 aromatic carbocycles. The highest BCUT2D eigenvalue weighted by molar-refractivity contribution is 6.32. The summed E-state index contributed by atoms with van der Waals surface area (Å²) in [5.41, 5.74) is 1.89. The Bertz CT molecular complexity index is 489. The van der Waals surface area contributed by atoms with E-state index in [0.29, 0.717) is 5.75 Å². The summed E-state index contributed by atoms with van der Waals surface area (Å²) in [6, 6.07) is 3.69. The molecule has 1 aromatic rings. The summed E-state index contributed by atoms with van der Waals surface area (Å²) >= 11 is 6.11. The van der Waals surface area contributed by atoms with E-state index in [2.05, 4.69) is 5.32 Å². The van der Waals surface area contributed by atoms with Gasteiger partial charge in [0.05, 0.1) is 12.1 Å². The van der Waals surface area contributed by atoms with Crippen LogP contribution in [0.1, 0.15) is 30.9 Å². The first-order chi connectivity index (χ1) is 9.97. The van der Waals surface area contributed by atoms with Gasteiger partial charge in [-0.1, -0.05) is 11.6 Å². The van der Waals surface area contributed by atoms with E-state index < -0.39 is 0 Å². The highest BCUT2D eigenvalue weighted by Gasteiger charge is 2.23. The molecule has 0 aliphatic carbocycles. The fraction of sp³-hybridized carbons (Fsp3) is 0.562. The van der Waals surface area contributed by atoms with Crippen LogP contribution in [0.3, 0.4) is 0 Å². The van der Waals surface area contributed by atoms with Gasteiger partial charge in [0.25, 0.3) is 5.91 Å². The summed E-state index contributed by atoms with van der Waals surface area (Å²) in [4.78, 5) is 11.9. The van der Waals surface area contributed by atoms with Gasteiger partial charge in [-0.05, 0) is 56.9 Å². The van der Waals surface area contributed by atoms with Crippen LogP contribution in [-0.4, -0.2) is 31.3 Å². The normalized spacial score (nSPS) is 19.3. The fourth-order valence-electron chi connectivity index (χ4n) is 2.52. The van der Waals surface area contributed by atoms with Crippen molar-refractivity contribution < 1.29 is 14.3 Å². The van der Waals surface area contributed by atoms with Crippen LogP contribution >= 0.6 is 11.6 Å². The molecule has 0 spiro atoms. The highest BCUT2D eigenvalue weighted by atomic mass is 35.5. The van der Waals surface area contributed by atoms with Crippen LogP contribution in [0.4, 0.5) is 0 Å². The molecule has 2 rings (SSSR count). The summed E-state index contributed by atoms with van der Waals surface area (Å²) < 4.78 is 11.1. The van der Waals surface area contributed by atoms with Gasteiger partial charge in [0.2, 0.25) is 0 Å². The molecule has 1 saturated heterocycles. The Labute approximate surface area is 130 Å². The second kappa shape index (κ2) is 7.14. The van der Waals surface area contributed by atoms with Gasteiger partial charge in [0.15, 0.2) is 6.61 Å². The Morgan fingerprint density at radius 2 is 2.14 bits per heavy atom. The molecule has 116 valence electrons. The van der Waals surface area contributed by atoms with Gasteiger partial charge in [0, 0.05) is 11.6 Å². The summed E-state index contributed by atoms with van der Waals surface area (Å²) in [5.74, 6) is 0.526. The number of benzene rings is 1. The molecule has 2 atom stereocenters. The van der Waals surface area contributed by atoms with Crippen LogP contribution in [-0.2, 0) is 9.53 Å².